The summed E-state index contributed by atoms with van der Waals surface area (Å²) in [4.78, 5) is 13.2. The van der Waals surface area contributed by atoms with E-state index in [9.17, 15) is 0 Å². The molecule has 0 amide bonds. The first-order chi connectivity index (χ1) is 9.81. The number of furan rings is 1. The Balaban J connectivity index is 1.63. The normalized spacial score (nSPS) is 16.4. The van der Waals surface area contributed by atoms with Crippen molar-refractivity contribution < 1.29 is 4.42 Å². The van der Waals surface area contributed by atoms with Crippen molar-refractivity contribution in [3.8, 4) is 0 Å². The van der Waals surface area contributed by atoms with Gasteiger partial charge in [0.2, 0.25) is 0 Å². The lowest BCUT2D eigenvalue weighted by molar-refractivity contribution is 0.312. The predicted octanol–water partition coefficient (Wildman–Crippen LogP) is 1.43. The average Bonchev–Trinajstić information content (AvgIpc) is 3.00. The van der Waals surface area contributed by atoms with Gasteiger partial charge in [0.15, 0.2) is 0 Å². The van der Waals surface area contributed by atoms with Crippen LogP contribution in [0.2, 0.25) is 0 Å². The second-order valence-electron chi connectivity index (χ2n) is 4.98. The van der Waals surface area contributed by atoms with E-state index < -0.39 is 0 Å². The summed E-state index contributed by atoms with van der Waals surface area (Å²) < 4.78 is 5.29. The molecule has 20 heavy (non-hydrogen) atoms. The van der Waals surface area contributed by atoms with E-state index in [2.05, 4.69) is 32.1 Å². The zero-order valence-corrected chi connectivity index (χ0v) is 11.6. The number of nitrogens with zero attached hydrogens (tertiary/aromatic N) is 4. The molecule has 0 radical (unpaired) electrons. The molecule has 0 aromatic carbocycles. The Morgan fingerprint density at radius 2 is 2.10 bits per heavy atom. The highest BCUT2D eigenvalue weighted by Gasteiger charge is 2.15. The van der Waals surface area contributed by atoms with Crippen LogP contribution in [0.4, 0.5) is 11.6 Å². The number of hydrogen-bond donors (Lipinski definition) is 1. The van der Waals surface area contributed by atoms with Gasteiger partial charge < -0.3 is 19.5 Å². The number of piperazine rings is 1. The highest BCUT2D eigenvalue weighted by Crippen LogP contribution is 2.16. The van der Waals surface area contributed by atoms with Crippen LogP contribution in [0.5, 0.6) is 0 Å². The maximum Gasteiger partial charge on any atom is 0.134 e. The fraction of sp³-hybridized carbons (Fsp3) is 0.429. The summed E-state index contributed by atoms with van der Waals surface area (Å²) in [6.07, 6.45) is 3.28. The van der Waals surface area contributed by atoms with Crippen LogP contribution in [0.25, 0.3) is 0 Å². The van der Waals surface area contributed by atoms with Gasteiger partial charge in [0.25, 0.3) is 0 Å². The van der Waals surface area contributed by atoms with Crippen molar-refractivity contribution in [1.29, 1.82) is 0 Å². The molecule has 2 aromatic heterocycles. The Bertz CT molecular complexity index is 534. The van der Waals surface area contributed by atoms with Gasteiger partial charge in [-0.2, -0.15) is 0 Å². The van der Waals surface area contributed by atoms with Gasteiger partial charge >= 0.3 is 0 Å². The minimum atomic E-state index is 0.631. The summed E-state index contributed by atoms with van der Waals surface area (Å²) in [6, 6.07) is 5.82. The largest absolute Gasteiger partial charge is 0.467 e. The van der Waals surface area contributed by atoms with Crippen molar-refractivity contribution in [3.63, 3.8) is 0 Å². The second-order valence-corrected chi connectivity index (χ2v) is 4.98. The van der Waals surface area contributed by atoms with E-state index in [1.54, 1.807) is 12.6 Å². The van der Waals surface area contributed by atoms with Gasteiger partial charge in [-0.15, -0.1) is 0 Å². The molecule has 0 aliphatic carbocycles. The number of rotatable bonds is 4. The number of anilines is 2. The van der Waals surface area contributed by atoms with Gasteiger partial charge in [-0.3, -0.25) is 0 Å². The topological polar surface area (TPSA) is 57.4 Å². The summed E-state index contributed by atoms with van der Waals surface area (Å²) in [5, 5.41) is 3.25. The third kappa shape index (κ3) is 3.08. The van der Waals surface area contributed by atoms with E-state index >= 15 is 0 Å². The average molecular weight is 273 g/mol. The molecular weight excluding hydrogens is 254 g/mol. The zero-order chi connectivity index (χ0) is 13.8. The summed E-state index contributed by atoms with van der Waals surface area (Å²) >= 11 is 0. The summed E-state index contributed by atoms with van der Waals surface area (Å²) in [6.45, 7) is 4.78. The summed E-state index contributed by atoms with van der Waals surface area (Å²) in [5.41, 5.74) is 0. The van der Waals surface area contributed by atoms with Crippen LogP contribution in [0.3, 0.4) is 0 Å². The Morgan fingerprint density at radius 3 is 2.85 bits per heavy atom. The minimum Gasteiger partial charge on any atom is -0.467 e. The molecule has 0 bridgehead atoms. The Hall–Kier alpha value is -2.08. The van der Waals surface area contributed by atoms with Gasteiger partial charge in [0.05, 0.1) is 12.8 Å². The molecule has 3 rings (SSSR count). The fourth-order valence-electron chi connectivity index (χ4n) is 2.24. The zero-order valence-electron chi connectivity index (χ0n) is 11.6. The fourth-order valence-corrected chi connectivity index (χ4v) is 2.24. The van der Waals surface area contributed by atoms with Crippen LogP contribution in [-0.2, 0) is 6.54 Å². The molecule has 6 nitrogen and oxygen atoms in total. The third-order valence-corrected chi connectivity index (χ3v) is 3.50. The highest BCUT2D eigenvalue weighted by molar-refractivity contribution is 5.48. The molecule has 0 saturated carbocycles. The Kier molecular flexibility index (Phi) is 3.83. The van der Waals surface area contributed by atoms with Gasteiger partial charge in [0.1, 0.15) is 23.7 Å². The second kappa shape index (κ2) is 5.92. The molecule has 1 fully saturated rings. The van der Waals surface area contributed by atoms with Crippen molar-refractivity contribution in [1.82, 2.24) is 14.9 Å². The first-order valence-electron chi connectivity index (χ1n) is 6.83. The van der Waals surface area contributed by atoms with E-state index in [1.807, 2.05) is 18.2 Å². The lowest BCUT2D eigenvalue weighted by atomic mass is 10.3. The number of likely N-dealkylation sites (N-methyl/N-ethyl adjacent to an activating group) is 1. The van der Waals surface area contributed by atoms with Crippen LogP contribution < -0.4 is 10.2 Å². The minimum absolute atomic E-state index is 0.631. The van der Waals surface area contributed by atoms with Crippen LogP contribution in [0.15, 0.2) is 35.2 Å². The van der Waals surface area contributed by atoms with E-state index in [-0.39, 0.29) is 0 Å². The standard InChI is InChI=1S/C14H19N5O/c1-18-4-6-19(7-5-18)14-9-13(16-11-17-14)15-10-12-3-2-8-20-12/h2-3,8-9,11H,4-7,10H2,1H3,(H,15,16,17). The van der Waals surface area contributed by atoms with Gasteiger partial charge in [-0.1, -0.05) is 0 Å². The molecule has 1 aliphatic heterocycles. The Labute approximate surface area is 118 Å². The maximum atomic E-state index is 5.29. The lowest BCUT2D eigenvalue weighted by Gasteiger charge is -2.33. The van der Waals surface area contributed by atoms with Crippen LogP contribution in [0.1, 0.15) is 5.76 Å². The van der Waals surface area contributed by atoms with E-state index in [4.69, 9.17) is 4.42 Å². The van der Waals surface area contributed by atoms with Crippen LogP contribution in [0, 0.1) is 0 Å². The van der Waals surface area contributed by atoms with Gasteiger partial charge in [0, 0.05) is 32.2 Å². The molecule has 0 spiro atoms. The predicted molar refractivity (Wildman–Crippen MR) is 77.8 cm³/mol. The van der Waals surface area contributed by atoms with Crippen molar-refractivity contribution in [2.24, 2.45) is 0 Å². The van der Waals surface area contributed by atoms with E-state index in [0.29, 0.717) is 6.54 Å². The molecule has 106 valence electrons. The van der Waals surface area contributed by atoms with Gasteiger partial charge in [-0.05, 0) is 19.2 Å². The SMILES string of the molecule is CN1CCN(c2cc(NCc3ccco3)ncn2)CC1. The van der Waals surface area contributed by atoms with E-state index in [1.165, 1.54) is 0 Å². The maximum absolute atomic E-state index is 5.29. The number of aromatic nitrogens is 2. The molecule has 1 saturated heterocycles. The third-order valence-electron chi connectivity index (χ3n) is 3.50. The molecule has 3 heterocycles. The monoisotopic (exact) mass is 273 g/mol. The molecular formula is C14H19N5O. The van der Waals surface area contributed by atoms with Crippen molar-refractivity contribution in [3.05, 3.63) is 36.5 Å². The first-order valence-corrected chi connectivity index (χ1v) is 6.83. The number of nitrogens with one attached hydrogen (secondary N) is 1. The van der Waals surface area contributed by atoms with Crippen molar-refractivity contribution in [2.45, 2.75) is 6.54 Å². The number of hydrogen-bond acceptors (Lipinski definition) is 6. The molecule has 0 atom stereocenters. The van der Waals surface area contributed by atoms with E-state index in [0.717, 1.165) is 43.6 Å². The van der Waals surface area contributed by atoms with Gasteiger partial charge in [-0.25, -0.2) is 9.97 Å². The molecule has 2 aromatic rings. The summed E-state index contributed by atoms with van der Waals surface area (Å²) in [7, 11) is 2.15. The van der Waals surface area contributed by atoms with Crippen molar-refractivity contribution >= 4 is 11.6 Å². The highest BCUT2D eigenvalue weighted by atomic mass is 16.3. The summed E-state index contributed by atoms with van der Waals surface area (Å²) in [5.74, 6) is 2.70. The molecule has 0 unspecified atom stereocenters. The van der Waals surface area contributed by atoms with Crippen LogP contribution >= 0.6 is 0 Å². The molecule has 1 N–H and O–H groups in total. The molecule has 6 heteroatoms. The van der Waals surface area contributed by atoms with Crippen molar-refractivity contribution in [2.75, 3.05) is 43.4 Å². The van der Waals surface area contributed by atoms with Crippen LogP contribution in [-0.4, -0.2) is 48.1 Å². The lowest BCUT2D eigenvalue weighted by Crippen LogP contribution is -2.44. The Morgan fingerprint density at radius 1 is 1.25 bits per heavy atom. The first kappa shape index (κ1) is 12.9. The quantitative estimate of drug-likeness (QED) is 0.909. The molecule has 1 aliphatic rings. The smallest absolute Gasteiger partial charge is 0.134 e.